The van der Waals surface area contributed by atoms with E-state index in [-0.39, 0.29) is 11.3 Å². The average molecular weight is 366 g/mol. The molecular weight excluding hydrogens is 351 g/mol. The maximum atomic E-state index is 13.2. The van der Waals surface area contributed by atoms with E-state index in [9.17, 15) is 18.4 Å². The maximum Gasteiger partial charge on any atom is 0.431 e. The van der Waals surface area contributed by atoms with E-state index in [0.29, 0.717) is 17.7 Å². The normalized spacial score (nSPS) is 16.4. The summed E-state index contributed by atoms with van der Waals surface area (Å²) in [6.07, 6.45) is -6.02. The summed E-state index contributed by atoms with van der Waals surface area (Å²) in [5.74, 6) is 0.400. The first kappa shape index (κ1) is 18.1. The molecule has 1 N–H and O–H groups in total. The lowest BCUT2D eigenvalue weighted by molar-refractivity contribution is -0.197. The molecular formula is C18H15F3NO4-. The molecule has 0 saturated carbocycles. The minimum absolute atomic E-state index is 0.0374. The number of fused-ring (bicyclic) bond motifs is 1. The van der Waals surface area contributed by atoms with Gasteiger partial charge >= 0.3 is 6.18 Å². The van der Waals surface area contributed by atoms with E-state index in [0.717, 1.165) is 11.6 Å². The van der Waals surface area contributed by atoms with Crippen molar-refractivity contribution in [1.29, 1.82) is 0 Å². The highest BCUT2D eigenvalue weighted by molar-refractivity contribution is 5.66. The van der Waals surface area contributed by atoms with Gasteiger partial charge in [0.15, 0.2) is 0 Å². The fourth-order valence-electron chi connectivity index (χ4n) is 2.79. The van der Waals surface area contributed by atoms with Crippen molar-refractivity contribution in [1.82, 2.24) is 5.23 Å². The van der Waals surface area contributed by atoms with Crippen LogP contribution in [0.25, 0.3) is 6.08 Å². The van der Waals surface area contributed by atoms with Gasteiger partial charge < -0.3 is 19.9 Å². The summed E-state index contributed by atoms with van der Waals surface area (Å²) in [6.45, 7) is 0. The number of hydrogen-bond acceptors (Lipinski definition) is 5. The second-order valence-electron chi connectivity index (χ2n) is 5.75. The number of nitrogens with zero attached hydrogens (tertiary/aromatic N) is 1. The standard InChI is InChI=1S/C18H15F3NO4/c1-25-15-9-13-8-14(22(23)24)17(18(19,20)21)26-16(13)10-12(15)7-11-5-3-2-4-6-11/h2-6,8-10,17,23H,7H2,1H3/q-1. The molecule has 26 heavy (non-hydrogen) atoms. The fraction of sp³-hybridized carbons (Fsp3) is 0.222. The van der Waals surface area contributed by atoms with Crippen LogP contribution in [0.3, 0.4) is 0 Å². The minimum atomic E-state index is -4.85. The van der Waals surface area contributed by atoms with E-state index in [1.165, 1.54) is 19.2 Å². The predicted molar refractivity (Wildman–Crippen MR) is 87.7 cm³/mol. The molecule has 0 aliphatic carbocycles. The summed E-state index contributed by atoms with van der Waals surface area (Å²) in [5.41, 5.74) is 0.858. The quantitative estimate of drug-likeness (QED) is 0.824. The zero-order valence-electron chi connectivity index (χ0n) is 13.7. The van der Waals surface area contributed by atoms with Crippen LogP contribution < -0.4 is 9.47 Å². The molecule has 2 aromatic rings. The van der Waals surface area contributed by atoms with E-state index in [1.54, 1.807) is 0 Å². The third-order valence-electron chi connectivity index (χ3n) is 3.99. The van der Waals surface area contributed by atoms with E-state index < -0.39 is 23.2 Å². The number of ether oxygens (including phenoxy) is 2. The molecule has 1 aliphatic heterocycles. The van der Waals surface area contributed by atoms with Crippen LogP contribution >= 0.6 is 0 Å². The smallest absolute Gasteiger partial charge is 0.431 e. The molecule has 0 radical (unpaired) electrons. The summed E-state index contributed by atoms with van der Waals surface area (Å²) in [5, 5.41) is 19.3. The predicted octanol–water partition coefficient (Wildman–Crippen LogP) is 4.14. The highest BCUT2D eigenvalue weighted by Gasteiger charge is 2.47. The average Bonchev–Trinajstić information content (AvgIpc) is 2.60. The molecule has 1 atom stereocenters. The number of hydroxylamine groups is 2. The molecule has 0 fully saturated rings. The molecule has 1 unspecified atom stereocenters. The van der Waals surface area contributed by atoms with Crippen LogP contribution in [0.2, 0.25) is 0 Å². The van der Waals surface area contributed by atoms with Crippen LogP contribution in [0.5, 0.6) is 11.5 Å². The van der Waals surface area contributed by atoms with Gasteiger partial charge in [0.2, 0.25) is 6.10 Å². The van der Waals surface area contributed by atoms with E-state index in [4.69, 9.17) is 14.7 Å². The van der Waals surface area contributed by atoms with Crippen LogP contribution in [-0.2, 0) is 6.42 Å². The highest BCUT2D eigenvalue weighted by atomic mass is 19.4. The van der Waals surface area contributed by atoms with Crippen LogP contribution in [-0.4, -0.2) is 29.8 Å². The van der Waals surface area contributed by atoms with Gasteiger partial charge in [-0.1, -0.05) is 30.3 Å². The Bertz CT molecular complexity index is 819. The molecule has 1 aliphatic rings. The first-order valence-electron chi connectivity index (χ1n) is 7.65. The number of alkyl halides is 3. The van der Waals surface area contributed by atoms with Gasteiger partial charge in [0.05, 0.1) is 12.8 Å². The van der Waals surface area contributed by atoms with Crippen molar-refractivity contribution in [2.24, 2.45) is 0 Å². The van der Waals surface area contributed by atoms with Crippen molar-refractivity contribution in [3.63, 3.8) is 0 Å². The molecule has 0 amide bonds. The Balaban J connectivity index is 2.04. The Morgan fingerprint density at radius 1 is 1.23 bits per heavy atom. The molecule has 0 spiro atoms. The van der Waals surface area contributed by atoms with Gasteiger partial charge in [0, 0.05) is 17.5 Å². The fourth-order valence-corrected chi connectivity index (χ4v) is 2.79. The van der Waals surface area contributed by atoms with E-state index >= 15 is 0 Å². The Morgan fingerprint density at radius 3 is 2.50 bits per heavy atom. The zero-order chi connectivity index (χ0) is 18.9. The first-order valence-corrected chi connectivity index (χ1v) is 7.65. The van der Waals surface area contributed by atoms with Gasteiger partial charge in [-0.05, 0) is 23.8 Å². The Hall–Kier alpha value is -2.71. The SMILES string of the molecule is COc1cc2c(cc1Cc1ccccc1)OC(C(F)(F)F)C(N([O-])O)=C2. The maximum absolute atomic E-state index is 13.2. The molecule has 2 aromatic carbocycles. The minimum Gasteiger partial charge on any atom is -0.734 e. The third-order valence-corrected chi connectivity index (χ3v) is 3.99. The molecule has 5 nitrogen and oxygen atoms in total. The van der Waals surface area contributed by atoms with E-state index in [2.05, 4.69) is 0 Å². The summed E-state index contributed by atoms with van der Waals surface area (Å²) in [4.78, 5) is 0. The number of rotatable bonds is 4. The van der Waals surface area contributed by atoms with Crippen molar-refractivity contribution in [3.8, 4) is 11.5 Å². The summed E-state index contributed by atoms with van der Waals surface area (Å²) in [6, 6.07) is 12.3. The Morgan fingerprint density at radius 2 is 1.92 bits per heavy atom. The number of benzene rings is 2. The summed E-state index contributed by atoms with van der Waals surface area (Å²) in [7, 11) is 1.44. The van der Waals surface area contributed by atoms with Crippen LogP contribution in [0, 0.1) is 5.21 Å². The summed E-state index contributed by atoms with van der Waals surface area (Å²) < 4.78 is 49.8. The lowest BCUT2D eigenvalue weighted by atomic mass is 9.99. The number of methoxy groups -OCH3 is 1. The second kappa shape index (κ2) is 6.89. The van der Waals surface area contributed by atoms with Crippen LogP contribution in [0.4, 0.5) is 13.2 Å². The molecule has 8 heteroatoms. The van der Waals surface area contributed by atoms with Crippen molar-refractivity contribution in [3.05, 3.63) is 70.1 Å². The van der Waals surface area contributed by atoms with Gasteiger partial charge in [-0.15, -0.1) is 0 Å². The summed E-state index contributed by atoms with van der Waals surface area (Å²) >= 11 is 0. The van der Waals surface area contributed by atoms with Crippen molar-refractivity contribution in [2.45, 2.75) is 18.7 Å². The largest absolute Gasteiger partial charge is 0.734 e. The highest BCUT2D eigenvalue weighted by Crippen LogP contribution is 2.40. The number of hydrogen-bond donors (Lipinski definition) is 1. The lowest BCUT2D eigenvalue weighted by Crippen LogP contribution is -2.41. The molecule has 0 aromatic heterocycles. The molecule has 1 heterocycles. The van der Waals surface area contributed by atoms with Crippen LogP contribution in [0.1, 0.15) is 16.7 Å². The molecule has 0 saturated heterocycles. The van der Waals surface area contributed by atoms with Gasteiger partial charge in [0.25, 0.3) is 0 Å². The second-order valence-corrected chi connectivity index (χ2v) is 5.75. The first-order chi connectivity index (χ1) is 12.3. The van der Waals surface area contributed by atoms with Crippen molar-refractivity contribution >= 4 is 6.08 Å². The lowest BCUT2D eigenvalue weighted by Gasteiger charge is -2.35. The van der Waals surface area contributed by atoms with E-state index in [1.807, 2.05) is 30.3 Å². The molecule has 138 valence electrons. The van der Waals surface area contributed by atoms with Gasteiger partial charge in [0.1, 0.15) is 11.5 Å². The Kier molecular flexibility index (Phi) is 4.80. The molecule has 3 rings (SSSR count). The third kappa shape index (κ3) is 3.61. The van der Waals surface area contributed by atoms with Crippen LogP contribution in [0.15, 0.2) is 48.2 Å². The zero-order valence-corrected chi connectivity index (χ0v) is 13.7. The van der Waals surface area contributed by atoms with Gasteiger partial charge in [-0.25, -0.2) is 0 Å². The number of halogens is 3. The Labute approximate surface area is 147 Å². The van der Waals surface area contributed by atoms with Gasteiger partial charge in [-0.2, -0.15) is 13.2 Å². The van der Waals surface area contributed by atoms with Crippen molar-refractivity contribution < 1.29 is 27.9 Å². The monoisotopic (exact) mass is 366 g/mol. The van der Waals surface area contributed by atoms with Crippen molar-refractivity contribution in [2.75, 3.05) is 7.11 Å². The molecule has 0 bridgehead atoms. The van der Waals surface area contributed by atoms with Gasteiger partial charge in [-0.3, -0.25) is 5.21 Å². The topological polar surface area (TPSA) is 65.0 Å².